The summed E-state index contributed by atoms with van der Waals surface area (Å²) in [4.78, 5) is 25.4. The van der Waals surface area contributed by atoms with Crippen LogP contribution in [0.3, 0.4) is 0 Å². The van der Waals surface area contributed by atoms with Gasteiger partial charge in [0.1, 0.15) is 6.04 Å². The van der Waals surface area contributed by atoms with E-state index in [0.29, 0.717) is 5.69 Å². The van der Waals surface area contributed by atoms with E-state index in [2.05, 4.69) is 5.32 Å². The van der Waals surface area contributed by atoms with Gasteiger partial charge in [-0.1, -0.05) is 0 Å². The summed E-state index contributed by atoms with van der Waals surface area (Å²) in [5, 5.41) is 2.98. The number of rotatable bonds is 4. The molecule has 114 valence electrons. The fourth-order valence-corrected chi connectivity index (χ4v) is 2.94. The molecule has 1 unspecified atom stereocenters. The van der Waals surface area contributed by atoms with E-state index in [-0.39, 0.29) is 29.2 Å². The molecule has 0 spiro atoms. The van der Waals surface area contributed by atoms with Crippen molar-refractivity contribution in [3.05, 3.63) is 24.3 Å². The molecule has 21 heavy (non-hydrogen) atoms. The molecule has 1 heterocycles. The molecular formula is C14H18N2O4S. The van der Waals surface area contributed by atoms with Crippen LogP contribution in [0.1, 0.15) is 20.3 Å². The highest BCUT2D eigenvalue weighted by molar-refractivity contribution is 7.90. The van der Waals surface area contributed by atoms with Gasteiger partial charge in [-0.3, -0.25) is 14.5 Å². The minimum atomic E-state index is -3.24. The zero-order valence-corrected chi connectivity index (χ0v) is 13.0. The Bertz CT molecular complexity index is 665. The quantitative estimate of drug-likeness (QED) is 0.840. The molecule has 1 N–H and O–H groups in total. The summed E-state index contributed by atoms with van der Waals surface area (Å²) in [6, 6.07) is 5.37. The lowest BCUT2D eigenvalue weighted by molar-refractivity contribution is -0.140. The summed E-state index contributed by atoms with van der Waals surface area (Å²) in [7, 11) is -3.24. The van der Waals surface area contributed by atoms with E-state index in [9.17, 15) is 18.0 Å². The van der Waals surface area contributed by atoms with E-state index >= 15 is 0 Å². The predicted molar refractivity (Wildman–Crippen MR) is 78.6 cm³/mol. The summed E-state index contributed by atoms with van der Waals surface area (Å²) < 4.78 is 22.8. The molecule has 0 bridgehead atoms. The Morgan fingerprint density at radius 1 is 1.19 bits per heavy atom. The number of amides is 2. The molecule has 0 aliphatic carbocycles. The van der Waals surface area contributed by atoms with Crippen molar-refractivity contribution in [1.82, 2.24) is 4.90 Å². The lowest BCUT2D eigenvalue weighted by Crippen LogP contribution is -2.39. The van der Waals surface area contributed by atoms with Crippen molar-refractivity contribution in [1.29, 1.82) is 0 Å². The number of sulfone groups is 1. The van der Waals surface area contributed by atoms with Crippen LogP contribution >= 0.6 is 0 Å². The number of anilines is 1. The Balaban J connectivity index is 2.13. The van der Waals surface area contributed by atoms with Gasteiger partial charge in [0.2, 0.25) is 5.91 Å². The Kier molecular flexibility index (Phi) is 4.04. The van der Waals surface area contributed by atoms with Gasteiger partial charge in [-0.2, -0.15) is 0 Å². The van der Waals surface area contributed by atoms with Crippen molar-refractivity contribution in [2.75, 3.05) is 11.6 Å². The zero-order chi connectivity index (χ0) is 15.8. The van der Waals surface area contributed by atoms with Crippen LogP contribution in [0.15, 0.2) is 29.2 Å². The van der Waals surface area contributed by atoms with Crippen LogP contribution in [0.25, 0.3) is 0 Å². The van der Waals surface area contributed by atoms with Gasteiger partial charge >= 0.3 is 0 Å². The van der Waals surface area contributed by atoms with Gasteiger partial charge in [0.15, 0.2) is 9.84 Å². The zero-order valence-electron chi connectivity index (χ0n) is 12.2. The minimum Gasteiger partial charge on any atom is -0.373 e. The van der Waals surface area contributed by atoms with Crippen molar-refractivity contribution >= 4 is 27.3 Å². The normalized spacial score (nSPS) is 19.4. The van der Waals surface area contributed by atoms with Gasteiger partial charge in [-0.25, -0.2) is 8.42 Å². The topological polar surface area (TPSA) is 83.6 Å². The molecule has 1 aromatic carbocycles. The first kappa shape index (κ1) is 15.5. The predicted octanol–water partition coefficient (Wildman–Crippen LogP) is 1.04. The summed E-state index contributed by atoms with van der Waals surface area (Å²) >= 11 is 0. The van der Waals surface area contributed by atoms with Crippen LogP contribution in [-0.4, -0.2) is 43.5 Å². The molecular weight excluding hydrogens is 292 g/mol. The summed E-state index contributed by atoms with van der Waals surface area (Å²) in [6.07, 6.45) is 1.25. The maximum absolute atomic E-state index is 12.1. The smallest absolute Gasteiger partial charge is 0.252 e. The monoisotopic (exact) mass is 310 g/mol. The van der Waals surface area contributed by atoms with Gasteiger partial charge in [0.05, 0.1) is 11.3 Å². The maximum atomic E-state index is 12.1. The summed E-state index contributed by atoms with van der Waals surface area (Å²) in [5.41, 5.74) is 0.610. The molecule has 2 rings (SSSR count). The Hall–Kier alpha value is -1.89. The fraction of sp³-hybridized carbons (Fsp3) is 0.429. The van der Waals surface area contributed by atoms with Gasteiger partial charge in [0, 0.05) is 18.0 Å². The number of carbonyl (C=O) groups excluding carboxylic acids is 2. The molecule has 2 amide bonds. The first-order valence-electron chi connectivity index (χ1n) is 6.62. The van der Waals surface area contributed by atoms with Gasteiger partial charge in [-0.05, 0) is 38.1 Å². The van der Waals surface area contributed by atoms with E-state index in [1.807, 2.05) is 0 Å². The molecule has 1 saturated heterocycles. The molecule has 1 aliphatic heterocycles. The second kappa shape index (κ2) is 5.48. The van der Waals surface area contributed by atoms with Gasteiger partial charge in [-0.15, -0.1) is 0 Å². The molecule has 1 aromatic rings. The van der Waals surface area contributed by atoms with E-state index in [4.69, 9.17) is 0 Å². The van der Waals surface area contributed by atoms with E-state index < -0.39 is 15.9 Å². The van der Waals surface area contributed by atoms with Gasteiger partial charge < -0.3 is 5.32 Å². The first-order chi connectivity index (χ1) is 9.70. The Labute approximate surface area is 124 Å². The number of nitrogens with zero attached hydrogens (tertiary/aromatic N) is 1. The number of hydrogen-bond donors (Lipinski definition) is 1. The molecule has 1 aliphatic rings. The number of carbonyl (C=O) groups is 2. The minimum absolute atomic E-state index is 0.116. The van der Waals surface area contributed by atoms with Crippen LogP contribution in [0, 0.1) is 0 Å². The molecule has 0 radical (unpaired) electrons. The lowest BCUT2D eigenvalue weighted by atomic mass is 10.2. The largest absolute Gasteiger partial charge is 0.373 e. The van der Waals surface area contributed by atoms with Crippen molar-refractivity contribution in [2.45, 2.75) is 37.2 Å². The number of nitrogens with one attached hydrogen (secondary N) is 1. The summed E-state index contributed by atoms with van der Waals surface area (Å²) in [5.74, 6) is -0.442. The number of hydrogen-bond acceptors (Lipinski definition) is 5. The Morgan fingerprint density at radius 3 is 2.19 bits per heavy atom. The van der Waals surface area contributed by atoms with Crippen molar-refractivity contribution in [3.8, 4) is 0 Å². The second-order valence-corrected chi connectivity index (χ2v) is 7.41. The standard InChI is InChI=1S/C14H18N2O4S/c1-9(2)16-13(17)8-12(14(16)18)15-10-4-6-11(7-5-10)21(3,19)20/h4-7,9,12,15H,8H2,1-3H3. The first-order valence-corrected chi connectivity index (χ1v) is 8.52. The third kappa shape index (κ3) is 3.24. The number of benzene rings is 1. The van der Waals surface area contributed by atoms with Crippen molar-refractivity contribution in [2.24, 2.45) is 0 Å². The lowest BCUT2D eigenvalue weighted by Gasteiger charge is -2.19. The van der Waals surface area contributed by atoms with Gasteiger partial charge in [0.25, 0.3) is 5.91 Å². The molecule has 0 saturated carbocycles. The van der Waals surface area contributed by atoms with E-state index in [1.54, 1.807) is 26.0 Å². The fourth-order valence-electron chi connectivity index (χ4n) is 2.31. The number of imide groups is 1. The molecule has 1 fully saturated rings. The van der Waals surface area contributed by atoms with E-state index in [1.165, 1.54) is 17.0 Å². The molecule has 6 nitrogen and oxygen atoms in total. The van der Waals surface area contributed by atoms with E-state index in [0.717, 1.165) is 6.26 Å². The highest BCUT2D eigenvalue weighted by Gasteiger charge is 2.39. The van der Waals surface area contributed by atoms with Crippen LogP contribution in [0.5, 0.6) is 0 Å². The maximum Gasteiger partial charge on any atom is 0.252 e. The van der Waals surface area contributed by atoms with Crippen LogP contribution in [-0.2, 0) is 19.4 Å². The number of likely N-dealkylation sites (tertiary alicyclic amines) is 1. The second-order valence-electron chi connectivity index (χ2n) is 5.39. The summed E-state index contributed by atoms with van der Waals surface area (Å²) in [6.45, 7) is 3.58. The molecule has 7 heteroatoms. The third-order valence-corrected chi connectivity index (χ3v) is 4.45. The van der Waals surface area contributed by atoms with Crippen molar-refractivity contribution in [3.63, 3.8) is 0 Å². The van der Waals surface area contributed by atoms with Crippen LogP contribution in [0.4, 0.5) is 5.69 Å². The molecule has 1 atom stereocenters. The van der Waals surface area contributed by atoms with Crippen LogP contribution < -0.4 is 5.32 Å². The highest BCUT2D eigenvalue weighted by Crippen LogP contribution is 2.21. The highest BCUT2D eigenvalue weighted by atomic mass is 32.2. The molecule has 0 aromatic heterocycles. The van der Waals surface area contributed by atoms with Crippen molar-refractivity contribution < 1.29 is 18.0 Å². The Morgan fingerprint density at radius 2 is 1.76 bits per heavy atom. The average molecular weight is 310 g/mol. The van der Waals surface area contributed by atoms with Crippen LogP contribution in [0.2, 0.25) is 0 Å². The third-order valence-electron chi connectivity index (χ3n) is 3.32. The SMILES string of the molecule is CC(C)N1C(=O)CC(Nc2ccc(S(C)(=O)=O)cc2)C1=O. The average Bonchev–Trinajstić information content (AvgIpc) is 2.64.